The number of nitrogens with one attached hydrogen (secondary N) is 1. The highest BCUT2D eigenvalue weighted by atomic mass is 19.4. The van der Waals surface area contributed by atoms with Gasteiger partial charge in [-0.1, -0.05) is 36.4 Å². The van der Waals surface area contributed by atoms with Gasteiger partial charge < -0.3 is 20.1 Å². The molecule has 2 saturated heterocycles. The van der Waals surface area contributed by atoms with Crippen LogP contribution in [0.2, 0.25) is 0 Å². The Morgan fingerprint density at radius 1 is 1.14 bits per heavy atom. The van der Waals surface area contributed by atoms with Gasteiger partial charge in [0.25, 0.3) is 0 Å². The Kier molecular flexibility index (Phi) is 8.60. The van der Waals surface area contributed by atoms with Crippen LogP contribution in [-0.2, 0) is 9.59 Å². The number of alkyl halides is 3. The molecule has 36 heavy (non-hydrogen) atoms. The lowest BCUT2D eigenvalue weighted by molar-refractivity contribution is -0.173. The minimum Gasteiger partial charge on any atom is -0.496 e. The lowest BCUT2D eigenvalue weighted by atomic mass is 9.62. The Hall–Kier alpha value is -3.14. The molecule has 2 aromatic rings. The molecule has 0 bridgehead atoms. The number of carbonyl (C=O) groups is 2. The molecule has 196 valence electrons. The lowest BCUT2D eigenvalue weighted by Gasteiger charge is -2.49. The zero-order chi connectivity index (χ0) is 26.5. The molecule has 4 rings (SSSR count). The molecule has 10 heteroatoms. The van der Waals surface area contributed by atoms with E-state index in [0.29, 0.717) is 25.1 Å². The van der Waals surface area contributed by atoms with Crippen molar-refractivity contribution in [1.29, 1.82) is 0 Å². The van der Waals surface area contributed by atoms with Gasteiger partial charge in [0.2, 0.25) is 11.8 Å². The maximum atomic E-state index is 13.9. The summed E-state index contributed by atoms with van der Waals surface area (Å²) in [5, 5.41) is 9.84. The Morgan fingerprint density at radius 2 is 1.78 bits per heavy atom. The van der Waals surface area contributed by atoms with Crippen LogP contribution in [0.3, 0.4) is 0 Å². The summed E-state index contributed by atoms with van der Waals surface area (Å²) in [5.41, 5.74) is 0.0809. The Labute approximate surface area is 207 Å². The number of aliphatic hydroxyl groups is 1. The summed E-state index contributed by atoms with van der Waals surface area (Å²) in [5.74, 6) is -3.66. The van der Waals surface area contributed by atoms with Gasteiger partial charge in [-0.15, -0.1) is 0 Å². The first-order valence-corrected chi connectivity index (χ1v) is 11.6. The highest BCUT2D eigenvalue weighted by molar-refractivity contribution is 5.85. The SMILES string of the molecule is CO.COc1cc(F)ccc1C1CNC(=O)CC12CCN(C(=O)C(c1ccccc1)C(F)(F)F)CC2. The molecule has 2 aromatic carbocycles. The molecule has 2 unspecified atom stereocenters. The summed E-state index contributed by atoms with van der Waals surface area (Å²) >= 11 is 0. The smallest absolute Gasteiger partial charge is 0.404 e. The second-order valence-electron chi connectivity index (χ2n) is 8.99. The normalized spacial score (nSPS) is 20.1. The molecule has 2 heterocycles. The van der Waals surface area contributed by atoms with E-state index in [-0.39, 0.29) is 36.9 Å². The summed E-state index contributed by atoms with van der Waals surface area (Å²) in [6.07, 6.45) is -3.82. The highest BCUT2D eigenvalue weighted by Gasteiger charge is 2.51. The van der Waals surface area contributed by atoms with Crippen molar-refractivity contribution >= 4 is 11.8 Å². The van der Waals surface area contributed by atoms with Gasteiger partial charge in [-0.2, -0.15) is 13.2 Å². The van der Waals surface area contributed by atoms with Crippen LogP contribution in [0.15, 0.2) is 48.5 Å². The number of hydrogen-bond donors (Lipinski definition) is 2. The predicted molar refractivity (Wildman–Crippen MR) is 125 cm³/mol. The van der Waals surface area contributed by atoms with Crippen molar-refractivity contribution in [3.8, 4) is 5.75 Å². The number of aliphatic hydroxyl groups excluding tert-OH is 1. The Bertz CT molecular complexity index is 1050. The Morgan fingerprint density at radius 3 is 2.36 bits per heavy atom. The minimum absolute atomic E-state index is 0.0914. The van der Waals surface area contributed by atoms with E-state index >= 15 is 0 Å². The average Bonchev–Trinajstić information content (AvgIpc) is 2.86. The third-order valence-corrected chi connectivity index (χ3v) is 7.10. The third kappa shape index (κ3) is 5.64. The van der Waals surface area contributed by atoms with E-state index in [0.717, 1.165) is 12.7 Å². The zero-order valence-electron chi connectivity index (χ0n) is 20.1. The molecular formula is C26H30F4N2O4. The maximum absolute atomic E-state index is 13.9. The predicted octanol–water partition coefficient (Wildman–Crippen LogP) is 4.00. The number of ether oxygens (including phenoxy) is 1. The number of likely N-dealkylation sites (tertiary alicyclic amines) is 1. The molecule has 0 radical (unpaired) electrons. The van der Waals surface area contributed by atoms with Gasteiger partial charge in [0.05, 0.1) is 7.11 Å². The van der Waals surface area contributed by atoms with E-state index in [9.17, 15) is 27.2 Å². The molecule has 2 fully saturated rings. The largest absolute Gasteiger partial charge is 0.496 e. The standard InChI is InChI=1S/C25H26F4N2O3.CH4O/c1-34-20-13-17(26)7-8-18(20)19-15-30-21(32)14-24(19)9-11-31(12-10-24)23(33)22(25(27,28)29)16-5-3-2-4-6-16;1-2/h2-8,13,19,22H,9-12,14-15H2,1H3,(H,30,32);2H,1H3. The molecule has 1 spiro atoms. The monoisotopic (exact) mass is 510 g/mol. The van der Waals surface area contributed by atoms with Crippen molar-refractivity contribution in [2.45, 2.75) is 37.3 Å². The van der Waals surface area contributed by atoms with E-state index in [4.69, 9.17) is 9.84 Å². The number of methoxy groups -OCH3 is 1. The number of hydrogen-bond acceptors (Lipinski definition) is 4. The van der Waals surface area contributed by atoms with Gasteiger partial charge in [-0.05, 0) is 35.4 Å². The van der Waals surface area contributed by atoms with E-state index in [1.807, 2.05) is 0 Å². The third-order valence-electron chi connectivity index (χ3n) is 7.10. The number of nitrogens with zero attached hydrogens (tertiary/aromatic N) is 1. The highest BCUT2D eigenvalue weighted by Crippen LogP contribution is 2.51. The van der Waals surface area contributed by atoms with Crippen molar-refractivity contribution in [3.63, 3.8) is 0 Å². The summed E-state index contributed by atoms with van der Waals surface area (Å²) in [7, 11) is 2.44. The molecule has 2 atom stereocenters. The van der Waals surface area contributed by atoms with Crippen LogP contribution in [0.1, 0.15) is 42.2 Å². The van der Waals surface area contributed by atoms with Gasteiger partial charge in [0.15, 0.2) is 5.92 Å². The van der Waals surface area contributed by atoms with Gasteiger partial charge in [-0.25, -0.2) is 4.39 Å². The van der Waals surface area contributed by atoms with Gasteiger partial charge in [0.1, 0.15) is 11.6 Å². The van der Waals surface area contributed by atoms with Crippen LogP contribution < -0.4 is 10.1 Å². The number of piperidine rings is 2. The molecule has 0 aromatic heterocycles. The fourth-order valence-corrected chi connectivity index (χ4v) is 5.35. The molecular weight excluding hydrogens is 480 g/mol. The minimum atomic E-state index is -4.72. The van der Waals surface area contributed by atoms with Crippen molar-refractivity contribution in [2.75, 3.05) is 33.9 Å². The first kappa shape index (κ1) is 27.4. The van der Waals surface area contributed by atoms with Crippen molar-refractivity contribution in [1.82, 2.24) is 10.2 Å². The van der Waals surface area contributed by atoms with Gasteiger partial charge in [0, 0.05) is 45.1 Å². The van der Waals surface area contributed by atoms with Crippen molar-refractivity contribution < 1.29 is 37.0 Å². The van der Waals surface area contributed by atoms with Gasteiger partial charge in [-0.3, -0.25) is 9.59 Å². The molecule has 2 aliphatic rings. The number of rotatable bonds is 4. The van der Waals surface area contributed by atoms with Crippen molar-refractivity contribution in [2.24, 2.45) is 5.41 Å². The van der Waals surface area contributed by atoms with Crippen LogP contribution in [-0.4, -0.2) is 61.9 Å². The average molecular weight is 511 g/mol. The number of carbonyl (C=O) groups excluding carboxylic acids is 2. The molecule has 2 N–H and O–H groups in total. The second-order valence-corrected chi connectivity index (χ2v) is 8.99. The van der Waals surface area contributed by atoms with Crippen LogP contribution in [0.25, 0.3) is 0 Å². The summed E-state index contributed by atoms with van der Waals surface area (Å²) < 4.78 is 60.7. The van der Waals surface area contributed by atoms with Crippen molar-refractivity contribution in [3.05, 3.63) is 65.5 Å². The second kappa shape index (κ2) is 11.3. The first-order valence-electron chi connectivity index (χ1n) is 11.6. The van der Waals surface area contributed by atoms with Crippen LogP contribution >= 0.6 is 0 Å². The number of halogens is 4. The van der Waals surface area contributed by atoms with Crippen LogP contribution in [0, 0.1) is 11.2 Å². The number of benzene rings is 2. The molecule has 0 aliphatic carbocycles. The van der Waals surface area contributed by atoms with E-state index in [2.05, 4.69) is 5.32 Å². The number of amides is 2. The molecule has 2 amide bonds. The summed E-state index contributed by atoms with van der Waals surface area (Å²) in [4.78, 5) is 26.6. The van der Waals surface area contributed by atoms with Crippen LogP contribution in [0.4, 0.5) is 17.6 Å². The zero-order valence-corrected chi connectivity index (χ0v) is 20.1. The summed E-state index contributed by atoms with van der Waals surface area (Å²) in [6, 6.07) is 11.4. The lowest BCUT2D eigenvalue weighted by Crippen LogP contribution is -2.54. The summed E-state index contributed by atoms with van der Waals surface area (Å²) in [6.45, 7) is 0.515. The van der Waals surface area contributed by atoms with E-state index in [1.54, 1.807) is 12.1 Å². The maximum Gasteiger partial charge on any atom is 0.404 e. The van der Waals surface area contributed by atoms with E-state index < -0.39 is 29.2 Å². The van der Waals surface area contributed by atoms with Gasteiger partial charge >= 0.3 is 6.18 Å². The molecule has 2 aliphatic heterocycles. The van der Waals surface area contributed by atoms with Crippen LogP contribution in [0.5, 0.6) is 5.75 Å². The first-order chi connectivity index (χ1) is 17.1. The topological polar surface area (TPSA) is 78.9 Å². The molecule has 6 nitrogen and oxygen atoms in total. The Balaban J connectivity index is 0.00000176. The van der Waals surface area contributed by atoms with E-state index in [1.165, 1.54) is 48.4 Å². The molecule has 0 saturated carbocycles. The quantitative estimate of drug-likeness (QED) is 0.610. The fraction of sp³-hybridized carbons (Fsp3) is 0.462. The fourth-order valence-electron chi connectivity index (χ4n) is 5.35.